The van der Waals surface area contributed by atoms with Crippen LogP contribution in [0.25, 0.3) is 0 Å². The summed E-state index contributed by atoms with van der Waals surface area (Å²) in [5.74, 6) is 0.846. The van der Waals surface area contributed by atoms with Crippen LogP contribution in [0.1, 0.15) is 98.3 Å². The average Bonchev–Trinajstić information content (AvgIpc) is 3.22. The molecule has 0 aromatic carbocycles. The third-order valence-electron chi connectivity index (χ3n) is 8.91. The minimum Gasteiger partial charge on any atom is -0.343 e. The van der Waals surface area contributed by atoms with E-state index in [9.17, 15) is 4.79 Å². The van der Waals surface area contributed by atoms with Gasteiger partial charge in [-0.25, -0.2) is 0 Å². The lowest BCUT2D eigenvalue weighted by molar-refractivity contribution is -0.254. The first-order valence-corrected chi connectivity index (χ1v) is 11.2. The molecule has 1 heterocycles. The molecule has 3 heteroatoms. The quantitative estimate of drug-likeness (QED) is 0.549. The van der Waals surface area contributed by atoms with E-state index >= 15 is 0 Å². The lowest BCUT2D eigenvalue weighted by atomic mass is 9.68. The highest BCUT2D eigenvalue weighted by Gasteiger charge is 2.75. The summed E-state index contributed by atoms with van der Waals surface area (Å²) in [6.45, 7) is 9.38. The van der Waals surface area contributed by atoms with Gasteiger partial charge in [0.15, 0.2) is 11.6 Å². The van der Waals surface area contributed by atoms with Gasteiger partial charge in [0, 0.05) is 18.3 Å². The first-order valence-electron chi connectivity index (χ1n) is 11.2. The molecule has 0 aromatic heterocycles. The smallest absolute Gasteiger partial charge is 0.175 e. The topological polar surface area (TPSA) is 35.5 Å². The van der Waals surface area contributed by atoms with Crippen molar-refractivity contribution in [3.8, 4) is 0 Å². The van der Waals surface area contributed by atoms with Gasteiger partial charge in [0.05, 0.1) is 6.10 Å². The van der Waals surface area contributed by atoms with Crippen molar-refractivity contribution >= 4 is 5.78 Å². The number of rotatable bonds is 7. The Bertz CT molecular complexity index is 556. The number of fused-ring (bicyclic) bond motifs is 4. The number of unbranched alkanes of at least 4 members (excludes halogenated alkanes) is 5. The van der Waals surface area contributed by atoms with Gasteiger partial charge in [0.25, 0.3) is 0 Å². The molecule has 148 valence electrons. The highest BCUT2D eigenvalue weighted by atomic mass is 16.8. The maximum absolute atomic E-state index is 12.6. The van der Waals surface area contributed by atoms with Gasteiger partial charge in [-0.15, -0.1) is 0 Å². The van der Waals surface area contributed by atoms with Crippen LogP contribution in [-0.4, -0.2) is 23.8 Å². The lowest BCUT2D eigenvalue weighted by Gasteiger charge is -2.45. The molecule has 3 unspecified atom stereocenters. The summed E-state index contributed by atoms with van der Waals surface area (Å²) < 4.78 is 13.3. The molecule has 3 nitrogen and oxygen atoms in total. The maximum Gasteiger partial charge on any atom is 0.175 e. The van der Waals surface area contributed by atoms with Gasteiger partial charge in [-0.2, -0.15) is 0 Å². The monoisotopic (exact) mass is 362 g/mol. The summed E-state index contributed by atoms with van der Waals surface area (Å²) in [4.78, 5) is 12.6. The molecule has 0 radical (unpaired) electrons. The minimum atomic E-state index is -0.496. The van der Waals surface area contributed by atoms with Crippen LogP contribution in [0.4, 0.5) is 0 Å². The molecule has 2 bridgehead atoms. The first-order chi connectivity index (χ1) is 12.3. The van der Waals surface area contributed by atoms with Crippen molar-refractivity contribution in [1.29, 1.82) is 0 Å². The summed E-state index contributed by atoms with van der Waals surface area (Å²) in [6, 6.07) is 0. The average molecular weight is 363 g/mol. The Morgan fingerprint density at radius 3 is 2.42 bits per heavy atom. The Morgan fingerprint density at radius 1 is 1.04 bits per heavy atom. The summed E-state index contributed by atoms with van der Waals surface area (Å²) in [5.41, 5.74) is 0.281. The lowest BCUT2D eigenvalue weighted by Crippen LogP contribution is -2.49. The first kappa shape index (κ1) is 18.9. The van der Waals surface area contributed by atoms with Crippen LogP contribution in [0.5, 0.6) is 0 Å². The molecule has 3 saturated carbocycles. The van der Waals surface area contributed by atoms with E-state index in [1.54, 1.807) is 0 Å². The predicted octanol–water partition coefficient (Wildman–Crippen LogP) is 5.65. The van der Waals surface area contributed by atoms with E-state index in [1.165, 1.54) is 51.4 Å². The number of carbonyl (C=O) groups excluding carboxylic acids is 1. The van der Waals surface area contributed by atoms with Gasteiger partial charge in [0.1, 0.15) is 6.10 Å². The van der Waals surface area contributed by atoms with Crippen LogP contribution in [0.2, 0.25) is 0 Å². The molecule has 0 aromatic rings. The highest BCUT2D eigenvalue weighted by Crippen LogP contribution is 2.73. The molecule has 26 heavy (non-hydrogen) atoms. The highest BCUT2D eigenvalue weighted by molar-refractivity contribution is 5.87. The van der Waals surface area contributed by atoms with Gasteiger partial charge >= 0.3 is 0 Å². The molecule has 0 N–H and O–H groups in total. The van der Waals surface area contributed by atoms with E-state index in [2.05, 4.69) is 27.7 Å². The van der Waals surface area contributed by atoms with E-state index in [1.807, 2.05) is 0 Å². The summed E-state index contributed by atoms with van der Waals surface area (Å²) in [5, 5.41) is 0. The fraction of sp³-hybridized carbons (Fsp3) is 0.957. The van der Waals surface area contributed by atoms with Gasteiger partial charge in [0.2, 0.25) is 0 Å². The van der Waals surface area contributed by atoms with Gasteiger partial charge < -0.3 is 9.47 Å². The zero-order chi connectivity index (χ0) is 18.6. The second kappa shape index (κ2) is 6.58. The maximum atomic E-state index is 12.6. The van der Waals surface area contributed by atoms with Crippen LogP contribution in [0.3, 0.4) is 0 Å². The molecule has 4 rings (SSSR count). The van der Waals surface area contributed by atoms with Gasteiger partial charge in [-0.3, -0.25) is 4.79 Å². The van der Waals surface area contributed by atoms with Crippen molar-refractivity contribution in [3.05, 3.63) is 0 Å². The Balaban J connectivity index is 1.40. The van der Waals surface area contributed by atoms with Crippen molar-refractivity contribution in [1.82, 2.24) is 0 Å². The number of ketones is 1. The number of carbonyl (C=O) groups is 1. The SMILES string of the molecule is CCCCCCCC[C@@H]1CC(=O)[C@@H]2OC3(CC4CCC3(C)C4(C)C)O[C@H]12. The fourth-order valence-corrected chi connectivity index (χ4v) is 6.66. The van der Waals surface area contributed by atoms with E-state index in [-0.39, 0.29) is 23.0 Å². The zero-order valence-corrected chi connectivity index (χ0v) is 17.3. The summed E-state index contributed by atoms with van der Waals surface area (Å²) >= 11 is 0. The van der Waals surface area contributed by atoms with Gasteiger partial charge in [-0.1, -0.05) is 66.2 Å². The third-order valence-corrected chi connectivity index (χ3v) is 8.91. The Kier molecular flexibility index (Phi) is 4.79. The van der Waals surface area contributed by atoms with Crippen LogP contribution >= 0.6 is 0 Å². The summed E-state index contributed by atoms with van der Waals surface area (Å²) in [6.07, 6.45) is 12.8. The normalized spacial score (nSPS) is 45.8. The van der Waals surface area contributed by atoms with Crippen LogP contribution < -0.4 is 0 Å². The largest absolute Gasteiger partial charge is 0.343 e. The van der Waals surface area contributed by atoms with E-state index < -0.39 is 5.79 Å². The van der Waals surface area contributed by atoms with E-state index in [0.29, 0.717) is 24.0 Å². The standard InChI is InChI=1S/C23H38O3/c1-5-6-7-8-9-10-11-16-14-18(24)20-19(16)25-23(26-20)15-17-12-13-22(23,4)21(17,2)3/h16-17,19-20H,5-15H2,1-4H3/t16-,17?,19-,20+,22?,23?/m1/s1. The van der Waals surface area contributed by atoms with Crippen molar-refractivity contribution in [2.24, 2.45) is 22.7 Å². The zero-order valence-electron chi connectivity index (χ0n) is 17.3. The second-order valence-electron chi connectivity index (χ2n) is 10.4. The van der Waals surface area contributed by atoms with Crippen molar-refractivity contribution in [2.45, 2.75) is 116 Å². The molecular weight excluding hydrogens is 324 g/mol. The Hall–Kier alpha value is -0.410. The molecule has 4 fully saturated rings. The van der Waals surface area contributed by atoms with Crippen LogP contribution in [0, 0.1) is 22.7 Å². The van der Waals surface area contributed by atoms with E-state index in [4.69, 9.17) is 9.47 Å². The number of Topliss-reactive ketones (excluding diaryl/α,β-unsaturated/α-hetero) is 1. The molecule has 4 aliphatic rings. The Morgan fingerprint density at radius 2 is 1.77 bits per heavy atom. The number of ether oxygens (including phenoxy) is 2. The van der Waals surface area contributed by atoms with Crippen LogP contribution in [-0.2, 0) is 14.3 Å². The van der Waals surface area contributed by atoms with Crippen LogP contribution in [0.15, 0.2) is 0 Å². The molecule has 1 aliphatic heterocycles. The molecule has 0 amide bonds. The molecule has 1 spiro atoms. The van der Waals surface area contributed by atoms with E-state index in [0.717, 1.165) is 12.8 Å². The molecule has 3 aliphatic carbocycles. The third kappa shape index (κ3) is 2.56. The minimum absolute atomic E-state index is 0.0186. The van der Waals surface area contributed by atoms with Crippen molar-refractivity contribution in [3.63, 3.8) is 0 Å². The van der Waals surface area contributed by atoms with Crippen molar-refractivity contribution in [2.75, 3.05) is 0 Å². The molecule has 1 saturated heterocycles. The molecule has 6 atom stereocenters. The van der Waals surface area contributed by atoms with Crippen molar-refractivity contribution < 1.29 is 14.3 Å². The summed E-state index contributed by atoms with van der Waals surface area (Å²) in [7, 11) is 0. The molecular formula is C23H38O3. The fourth-order valence-electron chi connectivity index (χ4n) is 6.66. The Labute approximate surface area is 159 Å². The second-order valence-corrected chi connectivity index (χ2v) is 10.4. The van der Waals surface area contributed by atoms with Gasteiger partial charge in [-0.05, 0) is 36.5 Å². The number of hydrogen-bond acceptors (Lipinski definition) is 3. The number of hydrogen-bond donors (Lipinski definition) is 0. The predicted molar refractivity (Wildman–Crippen MR) is 103 cm³/mol.